The van der Waals surface area contributed by atoms with Gasteiger partial charge in [0.1, 0.15) is 5.82 Å². The normalized spacial score (nSPS) is 17.0. The minimum Gasteiger partial charge on any atom is -0.350 e. The molecule has 4 rings (SSSR count). The van der Waals surface area contributed by atoms with E-state index in [0.717, 1.165) is 29.5 Å². The summed E-state index contributed by atoms with van der Waals surface area (Å²) in [6.07, 6.45) is 3.31. The first-order valence-electron chi connectivity index (χ1n) is 10.1. The molecule has 2 fully saturated rings. The number of hydrogen-bond donors (Lipinski definition) is 2. The van der Waals surface area contributed by atoms with Gasteiger partial charge in [-0.05, 0) is 66.6 Å². The lowest BCUT2D eigenvalue weighted by molar-refractivity contribution is -0.122. The van der Waals surface area contributed by atoms with Crippen molar-refractivity contribution in [2.24, 2.45) is 5.92 Å². The van der Waals surface area contributed by atoms with Gasteiger partial charge in [-0.3, -0.25) is 24.1 Å². The van der Waals surface area contributed by atoms with Crippen molar-refractivity contribution in [1.82, 2.24) is 10.2 Å². The van der Waals surface area contributed by atoms with E-state index in [-0.39, 0.29) is 41.5 Å². The summed E-state index contributed by atoms with van der Waals surface area (Å²) in [5, 5.41) is 5.05. The van der Waals surface area contributed by atoms with Crippen molar-refractivity contribution >= 4 is 46.5 Å². The average molecular weight is 453 g/mol. The summed E-state index contributed by atoms with van der Waals surface area (Å²) in [4.78, 5) is 50.4. The number of carbonyl (C=O) groups is 4. The molecule has 2 aromatic rings. The van der Waals surface area contributed by atoms with Crippen molar-refractivity contribution < 1.29 is 23.6 Å². The van der Waals surface area contributed by atoms with Crippen molar-refractivity contribution in [3.63, 3.8) is 0 Å². The quantitative estimate of drug-likeness (QED) is 0.624. The largest absolute Gasteiger partial charge is 0.350 e. The number of anilines is 1. The van der Waals surface area contributed by atoms with Gasteiger partial charge >= 0.3 is 0 Å². The molecule has 7 nitrogen and oxygen atoms in total. The highest BCUT2D eigenvalue weighted by Gasteiger charge is 2.34. The van der Waals surface area contributed by atoms with Gasteiger partial charge in [0.25, 0.3) is 17.1 Å². The average Bonchev–Trinajstić information content (AvgIpc) is 3.59. The van der Waals surface area contributed by atoms with Crippen molar-refractivity contribution in [3.05, 3.63) is 70.4 Å². The number of imide groups is 1. The number of amides is 4. The van der Waals surface area contributed by atoms with Crippen molar-refractivity contribution in [1.29, 1.82) is 0 Å². The van der Waals surface area contributed by atoms with E-state index in [2.05, 4.69) is 10.6 Å². The highest BCUT2D eigenvalue weighted by molar-refractivity contribution is 8.18. The fraction of sp³-hybridized carbons (Fsp3) is 0.217. The lowest BCUT2D eigenvalue weighted by Crippen LogP contribution is -2.37. The van der Waals surface area contributed by atoms with Gasteiger partial charge in [0.05, 0.1) is 4.91 Å². The highest BCUT2D eigenvalue weighted by Crippen LogP contribution is 2.32. The van der Waals surface area contributed by atoms with Gasteiger partial charge in [0, 0.05) is 30.3 Å². The van der Waals surface area contributed by atoms with E-state index in [1.54, 1.807) is 24.3 Å². The van der Waals surface area contributed by atoms with Crippen LogP contribution in [-0.4, -0.2) is 41.0 Å². The van der Waals surface area contributed by atoms with Crippen molar-refractivity contribution in [2.75, 3.05) is 18.4 Å². The zero-order chi connectivity index (χ0) is 22.7. The minimum atomic E-state index is -0.455. The van der Waals surface area contributed by atoms with E-state index in [9.17, 15) is 23.6 Å². The number of benzene rings is 2. The Labute approximate surface area is 188 Å². The molecule has 1 heterocycles. The molecule has 1 saturated carbocycles. The van der Waals surface area contributed by atoms with Gasteiger partial charge in [-0.15, -0.1) is 0 Å². The summed E-state index contributed by atoms with van der Waals surface area (Å²) >= 11 is 0.803. The topological polar surface area (TPSA) is 95.6 Å². The first-order valence-corrected chi connectivity index (χ1v) is 10.9. The third kappa shape index (κ3) is 5.23. The maximum atomic E-state index is 13.0. The summed E-state index contributed by atoms with van der Waals surface area (Å²) in [5.74, 6) is -1.20. The monoisotopic (exact) mass is 453 g/mol. The third-order valence-electron chi connectivity index (χ3n) is 5.00. The number of nitrogens with one attached hydrogen (secondary N) is 2. The second-order valence-corrected chi connectivity index (χ2v) is 8.48. The molecule has 32 heavy (non-hydrogen) atoms. The van der Waals surface area contributed by atoms with Crippen LogP contribution in [0.15, 0.2) is 53.4 Å². The van der Waals surface area contributed by atoms with Crippen molar-refractivity contribution in [2.45, 2.75) is 12.8 Å². The fourth-order valence-electron chi connectivity index (χ4n) is 3.11. The lowest BCUT2D eigenvalue weighted by Gasteiger charge is -2.13. The molecule has 164 valence electrons. The van der Waals surface area contributed by atoms with E-state index in [1.165, 1.54) is 30.3 Å². The number of rotatable bonds is 7. The Morgan fingerprint density at radius 2 is 1.88 bits per heavy atom. The molecule has 2 N–H and O–H groups in total. The number of thioether (sulfide) groups is 1. The Bertz CT molecular complexity index is 1110. The molecule has 0 spiro atoms. The van der Waals surface area contributed by atoms with Crippen LogP contribution < -0.4 is 10.6 Å². The molecule has 1 aliphatic heterocycles. The second kappa shape index (κ2) is 9.35. The van der Waals surface area contributed by atoms with Crippen LogP contribution in [0, 0.1) is 11.7 Å². The first-order chi connectivity index (χ1) is 15.4. The highest BCUT2D eigenvalue weighted by atomic mass is 32.2. The van der Waals surface area contributed by atoms with Crippen molar-refractivity contribution in [3.8, 4) is 0 Å². The smallest absolute Gasteiger partial charge is 0.293 e. The number of hydrogen-bond acceptors (Lipinski definition) is 5. The van der Waals surface area contributed by atoms with Gasteiger partial charge in [-0.1, -0.05) is 18.2 Å². The first kappa shape index (κ1) is 21.8. The number of nitrogens with zero attached hydrogens (tertiary/aromatic N) is 1. The fourth-order valence-corrected chi connectivity index (χ4v) is 3.98. The predicted molar refractivity (Wildman–Crippen MR) is 119 cm³/mol. The van der Waals surface area contributed by atoms with Crippen LogP contribution in [0.25, 0.3) is 6.08 Å². The number of halogens is 1. The van der Waals surface area contributed by atoms with Gasteiger partial charge in [-0.2, -0.15) is 0 Å². The van der Waals surface area contributed by atoms with Crippen LogP contribution >= 0.6 is 11.8 Å². The Kier molecular flexibility index (Phi) is 6.36. The van der Waals surface area contributed by atoms with Crippen LogP contribution in [0.3, 0.4) is 0 Å². The van der Waals surface area contributed by atoms with Crippen LogP contribution in [0.2, 0.25) is 0 Å². The van der Waals surface area contributed by atoms with Crippen LogP contribution in [-0.2, 0) is 9.59 Å². The minimum absolute atomic E-state index is 0.0231. The number of carbonyl (C=O) groups excluding carboxylic acids is 4. The molecule has 1 aliphatic carbocycles. The Hall–Kier alpha value is -3.46. The molecule has 2 aliphatic rings. The molecule has 1 saturated heterocycles. The summed E-state index contributed by atoms with van der Waals surface area (Å²) in [6, 6.07) is 12.2. The van der Waals surface area contributed by atoms with E-state index >= 15 is 0 Å². The standard InChI is InChI=1S/C23H20FN3O4S/c24-17-8-4-14(5-9-17)12-19-22(30)27(23(31)32-19)11-10-25-20(28)16-2-1-3-18(13-16)26-21(29)15-6-7-15/h1-5,8-9,12-13,15H,6-7,10-11H2,(H,25,28)(H,26,29)/b19-12-. The molecular weight excluding hydrogens is 433 g/mol. The van der Waals surface area contributed by atoms with Gasteiger partial charge < -0.3 is 10.6 Å². The Balaban J connectivity index is 1.31. The zero-order valence-electron chi connectivity index (χ0n) is 17.0. The Morgan fingerprint density at radius 1 is 1.12 bits per heavy atom. The second-order valence-electron chi connectivity index (χ2n) is 7.49. The summed E-state index contributed by atoms with van der Waals surface area (Å²) < 4.78 is 13.0. The Morgan fingerprint density at radius 3 is 2.59 bits per heavy atom. The van der Waals surface area contributed by atoms with Crippen LogP contribution in [0.4, 0.5) is 14.9 Å². The molecule has 0 aromatic heterocycles. The zero-order valence-corrected chi connectivity index (χ0v) is 17.8. The molecular formula is C23H20FN3O4S. The summed E-state index contributed by atoms with van der Waals surface area (Å²) in [6.45, 7) is 0.106. The molecule has 4 amide bonds. The van der Waals surface area contributed by atoms with Gasteiger partial charge in [0.2, 0.25) is 5.91 Å². The summed E-state index contributed by atoms with van der Waals surface area (Å²) in [5.41, 5.74) is 1.52. The van der Waals surface area contributed by atoms with E-state index < -0.39 is 11.1 Å². The third-order valence-corrected chi connectivity index (χ3v) is 5.91. The van der Waals surface area contributed by atoms with Gasteiger partial charge in [-0.25, -0.2) is 4.39 Å². The molecule has 0 unspecified atom stereocenters. The SMILES string of the molecule is O=C(NCCN1C(=O)S/C(=C\c2ccc(F)cc2)C1=O)c1cccc(NC(=O)C2CC2)c1. The maximum absolute atomic E-state index is 13.0. The van der Waals surface area contributed by atoms with E-state index in [0.29, 0.717) is 16.8 Å². The van der Waals surface area contributed by atoms with E-state index in [1.807, 2.05) is 0 Å². The molecule has 9 heteroatoms. The predicted octanol–water partition coefficient (Wildman–Crippen LogP) is 3.64. The van der Waals surface area contributed by atoms with E-state index in [4.69, 9.17) is 0 Å². The summed E-state index contributed by atoms with van der Waals surface area (Å²) in [7, 11) is 0. The lowest BCUT2D eigenvalue weighted by atomic mass is 10.2. The molecule has 0 atom stereocenters. The van der Waals surface area contributed by atoms with Gasteiger partial charge in [0.15, 0.2) is 0 Å². The maximum Gasteiger partial charge on any atom is 0.293 e. The molecule has 0 bridgehead atoms. The van der Waals surface area contributed by atoms with Crippen LogP contribution in [0.1, 0.15) is 28.8 Å². The van der Waals surface area contributed by atoms with Crippen LogP contribution in [0.5, 0.6) is 0 Å². The molecule has 2 aromatic carbocycles. The molecule has 0 radical (unpaired) electrons.